The summed E-state index contributed by atoms with van der Waals surface area (Å²) in [5.41, 5.74) is -3.14. The van der Waals surface area contributed by atoms with Crippen molar-refractivity contribution in [3.63, 3.8) is 0 Å². The van der Waals surface area contributed by atoms with Gasteiger partial charge in [-0.3, -0.25) is 9.52 Å². The Morgan fingerprint density at radius 3 is 2.36 bits per heavy atom. The number of benzene rings is 1. The first kappa shape index (κ1) is 21.9. The molecule has 12 heteroatoms. The SMILES string of the molecule is Cc1ccc(NS(=O)(=O)c2ccc(NC(=O)[C@@](C)(O)C(F)(F)F)c(Cl)c2)nc1. The van der Waals surface area contributed by atoms with E-state index in [1.165, 1.54) is 12.3 Å². The third-order valence-corrected chi connectivity index (χ3v) is 5.31. The summed E-state index contributed by atoms with van der Waals surface area (Å²) in [6.45, 7) is 2.06. The van der Waals surface area contributed by atoms with Crippen molar-refractivity contribution < 1.29 is 31.5 Å². The van der Waals surface area contributed by atoms with Crippen molar-refractivity contribution in [1.82, 2.24) is 4.98 Å². The van der Waals surface area contributed by atoms with E-state index in [0.29, 0.717) is 0 Å². The fraction of sp³-hybridized carbons (Fsp3) is 0.250. The number of rotatable bonds is 5. The molecule has 0 saturated carbocycles. The van der Waals surface area contributed by atoms with Crippen molar-refractivity contribution in [3.05, 3.63) is 47.1 Å². The summed E-state index contributed by atoms with van der Waals surface area (Å²) < 4.78 is 65.1. The second-order valence-corrected chi connectivity index (χ2v) is 8.08. The highest BCUT2D eigenvalue weighted by molar-refractivity contribution is 7.92. The molecule has 1 aromatic carbocycles. The minimum absolute atomic E-state index is 0.0559. The van der Waals surface area contributed by atoms with Crippen LogP contribution in [0.5, 0.6) is 0 Å². The number of sulfonamides is 1. The van der Waals surface area contributed by atoms with Crippen molar-refractivity contribution in [2.75, 3.05) is 10.0 Å². The van der Waals surface area contributed by atoms with Crippen LogP contribution in [0.4, 0.5) is 24.7 Å². The van der Waals surface area contributed by atoms with E-state index >= 15 is 0 Å². The molecule has 0 unspecified atom stereocenters. The Kier molecular flexibility index (Phi) is 5.93. The summed E-state index contributed by atoms with van der Waals surface area (Å²) >= 11 is 5.88. The van der Waals surface area contributed by atoms with E-state index in [0.717, 1.165) is 23.8 Å². The molecular weight excluding hydrogens is 423 g/mol. The number of carbonyl (C=O) groups is 1. The van der Waals surface area contributed by atoms with Crippen LogP contribution in [0.2, 0.25) is 5.02 Å². The quantitative estimate of drug-likeness (QED) is 0.666. The lowest BCUT2D eigenvalue weighted by Crippen LogP contribution is -2.52. The smallest absolute Gasteiger partial charge is 0.373 e. The van der Waals surface area contributed by atoms with Crippen molar-refractivity contribution >= 4 is 39.0 Å². The van der Waals surface area contributed by atoms with Gasteiger partial charge in [0.1, 0.15) is 5.82 Å². The summed E-state index contributed by atoms with van der Waals surface area (Å²) in [5.74, 6) is -1.71. The normalized spacial score (nSPS) is 14.2. The van der Waals surface area contributed by atoms with E-state index in [-0.39, 0.29) is 28.3 Å². The number of aliphatic hydroxyl groups is 1. The van der Waals surface area contributed by atoms with Crippen LogP contribution in [0.3, 0.4) is 0 Å². The summed E-state index contributed by atoms with van der Waals surface area (Å²) in [6, 6.07) is 6.06. The molecule has 1 atom stereocenters. The van der Waals surface area contributed by atoms with E-state index in [1.807, 2.05) is 5.32 Å². The standard InChI is InChI=1S/C16H15ClF3N3O4S/c1-9-3-6-13(21-8-9)23-28(26,27)10-4-5-12(11(17)7-10)22-14(24)15(2,25)16(18,19)20/h3-8,25H,1-2H3,(H,21,23)(H,22,24)/t15-/m1/s1. The van der Waals surface area contributed by atoms with Crippen molar-refractivity contribution in [2.24, 2.45) is 0 Å². The van der Waals surface area contributed by atoms with Crippen LogP contribution in [-0.4, -0.2) is 36.2 Å². The average molecular weight is 438 g/mol. The lowest BCUT2D eigenvalue weighted by atomic mass is 10.1. The van der Waals surface area contributed by atoms with Gasteiger partial charge >= 0.3 is 6.18 Å². The zero-order valence-corrected chi connectivity index (χ0v) is 16.1. The van der Waals surface area contributed by atoms with Gasteiger partial charge in [-0.1, -0.05) is 17.7 Å². The Hall–Kier alpha value is -2.37. The number of nitrogens with one attached hydrogen (secondary N) is 2. The predicted octanol–water partition coefficient (Wildman–Crippen LogP) is 3.10. The lowest BCUT2D eigenvalue weighted by molar-refractivity contribution is -0.242. The Morgan fingerprint density at radius 2 is 1.86 bits per heavy atom. The number of hydrogen-bond acceptors (Lipinski definition) is 5. The van der Waals surface area contributed by atoms with Crippen molar-refractivity contribution in [3.8, 4) is 0 Å². The topological polar surface area (TPSA) is 108 Å². The molecule has 1 amide bonds. The number of halogens is 4. The number of carbonyl (C=O) groups excluding carboxylic acids is 1. The summed E-state index contributed by atoms with van der Waals surface area (Å²) in [5, 5.41) is 10.8. The van der Waals surface area contributed by atoms with Gasteiger partial charge in [0, 0.05) is 6.20 Å². The first-order valence-corrected chi connectivity index (χ1v) is 9.46. The summed E-state index contributed by atoms with van der Waals surface area (Å²) in [6.07, 6.45) is -3.76. The predicted molar refractivity (Wildman–Crippen MR) is 96.5 cm³/mol. The molecule has 0 radical (unpaired) electrons. The minimum atomic E-state index is -5.21. The minimum Gasteiger partial charge on any atom is -0.373 e. The van der Waals surface area contributed by atoms with Crippen LogP contribution in [0, 0.1) is 6.92 Å². The highest BCUT2D eigenvalue weighted by atomic mass is 35.5. The molecule has 7 nitrogen and oxygen atoms in total. The second-order valence-electron chi connectivity index (χ2n) is 5.99. The maximum atomic E-state index is 12.7. The molecule has 0 aliphatic rings. The van der Waals surface area contributed by atoms with Crippen molar-refractivity contribution in [2.45, 2.75) is 30.5 Å². The maximum Gasteiger partial charge on any atom is 0.426 e. The summed E-state index contributed by atoms with van der Waals surface area (Å²) in [4.78, 5) is 15.3. The third kappa shape index (κ3) is 4.72. The van der Waals surface area contributed by atoms with E-state index in [1.54, 1.807) is 13.0 Å². The first-order chi connectivity index (χ1) is 12.7. The fourth-order valence-electron chi connectivity index (χ4n) is 1.86. The van der Waals surface area contributed by atoms with Crippen molar-refractivity contribution in [1.29, 1.82) is 0 Å². The Morgan fingerprint density at radius 1 is 1.21 bits per heavy atom. The Bertz CT molecular complexity index is 993. The van der Waals surface area contributed by atoms with Gasteiger partial charge in [-0.15, -0.1) is 0 Å². The molecule has 0 spiro atoms. The van der Waals surface area contributed by atoms with Gasteiger partial charge in [0.05, 0.1) is 15.6 Å². The monoisotopic (exact) mass is 437 g/mol. The largest absolute Gasteiger partial charge is 0.426 e. The number of nitrogens with zero attached hydrogens (tertiary/aromatic N) is 1. The molecule has 0 fully saturated rings. The highest BCUT2D eigenvalue weighted by Gasteiger charge is 2.55. The fourth-order valence-corrected chi connectivity index (χ4v) is 3.19. The van der Waals surface area contributed by atoms with Crippen LogP contribution in [-0.2, 0) is 14.8 Å². The molecule has 3 N–H and O–H groups in total. The maximum absolute atomic E-state index is 12.7. The zero-order chi connectivity index (χ0) is 21.3. The molecule has 28 heavy (non-hydrogen) atoms. The lowest BCUT2D eigenvalue weighted by Gasteiger charge is -2.25. The van der Waals surface area contributed by atoms with Gasteiger partial charge in [-0.25, -0.2) is 13.4 Å². The number of alkyl halides is 3. The van der Waals surface area contributed by atoms with E-state index < -0.39 is 27.7 Å². The van der Waals surface area contributed by atoms with Crippen LogP contribution >= 0.6 is 11.6 Å². The number of pyridine rings is 1. The van der Waals surface area contributed by atoms with Gasteiger partial charge in [-0.2, -0.15) is 13.2 Å². The van der Waals surface area contributed by atoms with Gasteiger partial charge in [0.25, 0.3) is 15.9 Å². The van der Waals surface area contributed by atoms with E-state index in [2.05, 4.69) is 9.71 Å². The molecule has 1 heterocycles. The molecule has 0 aliphatic carbocycles. The van der Waals surface area contributed by atoms with Crippen LogP contribution < -0.4 is 10.0 Å². The van der Waals surface area contributed by atoms with Gasteiger partial charge in [0.15, 0.2) is 0 Å². The van der Waals surface area contributed by atoms with Gasteiger partial charge in [-0.05, 0) is 43.7 Å². The number of hydrogen-bond donors (Lipinski definition) is 3. The molecule has 0 saturated heterocycles. The number of anilines is 2. The third-order valence-electron chi connectivity index (χ3n) is 3.64. The molecule has 0 bridgehead atoms. The molecule has 152 valence electrons. The summed E-state index contributed by atoms with van der Waals surface area (Å²) in [7, 11) is -4.08. The molecule has 2 aromatic rings. The zero-order valence-electron chi connectivity index (χ0n) is 14.5. The van der Waals surface area contributed by atoms with E-state index in [9.17, 15) is 31.5 Å². The van der Waals surface area contributed by atoms with Crippen LogP contribution in [0.15, 0.2) is 41.4 Å². The average Bonchev–Trinajstić information content (AvgIpc) is 2.57. The molecule has 1 aromatic heterocycles. The van der Waals surface area contributed by atoms with Crippen LogP contribution in [0.1, 0.15) is 12.5 Å². The first-order valence-electron chi connectivity index (χ1n) is 7.59. The molecular formula is C16H15ClF3N3O4S. The highest BCUT2D eigenvalue weighted by Crippen LogP contribution is 2.32. The number of aryl methyl sites for hydroxylation is 1. The Balaban J connectivity index is 2.24. The van der Waals surface area contributed by atoms with Crippen LogP contribution in [0.25, 0.3) is 0 Å². The Labute approximate surface area is 163 Å². The number of amides is 1. The van der Waals surface area contributed by atoms with Gasteiger partial charge in [0.2, 0.25) is 5.60 Å². The number of aromatic nitrogens is 1. The van der Waals surface area contributed by atoms with E-state index in [4.69, 9.17) is 11.6 Å². The molecule has 2 rings (SSSR count). The van der Waals surface area contributed by atoms with Gasteiger partial charge < -0.3 is 10.4 Å². The molecule has 0 aliphatic heterocycles. The second kappa shape index (κ2) is 7.57.